The van der Waals surface area contributed by atoms with E-state index >= 15 is 0 Å². The summed E-state index contributed by atoms with van der Waals surface area (Å²) in [7, 11) is 0. The van der Waals surface area contributed by atoms with Gasteiger partial charge in [-0.15, -0.1) is 0 Å². The minimum atomic E-state index is -0.0957. The van der Waals surface area contributed by atoms with Gasteiger partial charge in [0.2, 0.25) is 5.91 Å². The van der Waals surface area contributed by atoms with E-state index in [1.165, 1.54) is 0 Å². The van der Waals surface area contributed by atoms with Crippen molar-refractivity contribution in [1.82, 2.24) is 14.3 Å². The van der Waals surface area contributed by atoms with Gasteiger partial charge in [-0.2, -0.15) is 0 Å². The number of halogens is 1. The van der Waals surface area contributed by atoms with E-state index in [9.17, 15) is 4.79 Å². The molecule has 1 aliphatic rings. The summed E-state index contributed by atoms with van der Waals surface area (Å²) in [6.07, 6.45) is 5.05. The van der Waals surface area contributed by atoms with Gasteiger partial charge in [0.1, 0.15) is 11.8 Å². The normalized spacial score (nSPS) is 17.9. The van der Waals surface area contributed by atoms with E-state index < -0.39 is 0 Å². The molecule has 2 aromatic heterocycles. The third kappa shape index (κ3) is 3.36. The predicted octanol–water partition coefficient (Wildman–Crippen LogP) is 3.60. The van der Waals surface area contributed by atoms with E-state index in [1.54, 1.807) is 17.1 Å². The number of carbonyl (C=O) groups excluding carboxylic acids is 1. The molecule has 0 saturated carbocycles. The Morgan fingerprint density at radius 3 is 2.85 bits per heavy atom. The number of ether oxygens (including phenoxy) is 1. The van der Waals surface area contributed by atoms with Crippen LogP contribution in [0.5, 0.6) is 0 Å². The summed E-state index contributed by atoms with van der Waals surface area (Å²) in [6, 6.07) is 15.6. The molecule has 4 rings (SSSR count). The van der Waals surface area contributed by atoms with Crippen LogP contribution in [0.25, 0.3) is 11.7 Å². The number of amides is 1. The van der Waals surface area contributed by atoms with Gasteiger partial charge in [-0.25, -0.2) is 4.98 Å². The molecule has 3 heterocycles. The van der Waals surface area contributed by atoms with Gasteiger partial charge in [-0.3, -0.25) is 9.20 Å². The van der Waals surface area contributed by atoms with Gasteiger partial charge in [0.15, 0.2) is 5.15 Å². The number of pyridine rings is 1. The standard InChI is InChI=1S/C20H18ClN3O2/c21-20-16(24-11-5-4-8-18(24)22-20)9-10-19(25)23-12-13-26-17(14-23)15-6-2-1-3-7-15/h1-11,17H,12-14H2/b10-9+. The summed E-state index contributed by atoms with van der Waals surface area (Å²) in [6.45, 7) is 1.64. The van der Waals surface area contributed by atoms with E-state index in [4.69, 9.17) is 16.3 Å². The molecule has 132 valence electrons. The fourth-order valence-corrected chi connectivity index (χ4v) is 3.35. The van der Waals surface area contributed by atoms with Crippen molar-refractivity contribution in [3.8, 4) is 0 Å². The van der Waals surface area contributed by atoms with Gasteiger partial charge in [0, 0.05) is 18.8 Å². The van der Waals surface area contributed by atoms with Crippen molar-refractivity contribution in [2.45, 2.75) is 6.10 Å². The third-order valence-electron chi connectivity index (χ3n) is 4.46. The number of rotatable bonds is 3. The highest BCUT2D eigenvalue weighted by Crippen LogP contribution is 2.23. The Kier molecular flexibility index (Phi) is 4.73. The lowest BCUT2D eigenvalue weighted by atomic mass is 10.1. The highest BCUT2D eigenvalue weighted by atomic mass is 35.5. The van der Waals surface area contributed by atoms with Crippen LogP contribution in [0.15, 0.2) is 60.8 Å². The van der Waals surface area contributed by atoms with Crippen molar-refractivity contribution in [2.75, 3.05) is 19.7 Å². The summed E-state index contributed by atoms with van der Waals surface area (Å²) in [4.78, 5) is 18.7. The van der Waals surface area contributed by atoms with Gasteiger partial charge in [0.25, 0.3) is 0 Å². The van der Waals surface area contributed by atoms with Gasteiger partial charge < -0.3 is 9.64 Å². The summed E-state index contributed by atoms with van der Waals surface area (Å²) >= 11 is 6.21. The van der Waals surface area contributed by atoms with Gasteiger partial charge in [-0.1, -0.05) is 48.0 Å². The minimum Gasteiger partial charge on any atom is -0.370 e. The molecule has 0 N–H and O–H groups in total. The lowest BCUT2D eigenvalue weighted by Crippen LogP contribution is -2.41. The van der Waals surface area contributed by atoms with Crippen LogP contribution >= 0.6 is 11.6 Å². The van der Waals surface area contributed by atoms with Crippen LogP contribution < -0.4 is 0 Å². The molecule has 0 aliphatic carbocycles. The lowest BCUT2D eigenvalue weighted by Gasteiger charge is -2.32. The monoisotopic (exact) mass is 367 g/mol. The molecule has 1 aromatic carbocycles. The largest absolute Gasteiger partial charge is 0.370 e. The SMILES string of the molecule is O=C(/C=C/c1c(Cl)nc2ccccn12)N1CCOC(c2ccccc2)C1. The van der Waals surface area contributed by atoms with E-state index in [2.05, 4.69) is 4.98 Å². The Bertz CT molecular complexity index is 952. The van der Waals surface area contributed by atoms with Crippen LogP contribution in [0.3, 0.4) is 0 Å². The third-order valence-corrected chi connectivity index (χ3v) is 4.73. The first-order chi connectivity index (χ1) is 12.7. The second kappa shape index (κ2) is 7.32. The van der Waals surface area contributed by atoms with Crippen LogP contribution in [0.1, 0.15) is 17.4 Å². The second-order valence-electron chi connectivity index (χ2n) is 6.10. The zero-order chi connectivity index (χ0) is 17.9. The average Bonchev–Trinajstić information content (AvgIpc) is 3.02. The van der Waals surface area contributed by atoms with E-state index in [0.29, 0.717) is 30.5 Å². The smallest absolute Gasteiger partial charge is 0.246 e. The van der Waals surface area contributed by atoms with Crippen molar-refractivity contribution >= 4 is 29.2 Å². The van der Waals surface area contributed by atoms with Crippen LogP contribution in [-0.4, -0.2) is 39.9 Å². The molecule has 3 aromatic rings. The Hall–Kier alpha value is -2.63. The highest BCUT2D eigenvalue weighted by molar-refractivity contribution is 6.31. The zero-order valence-corrected chi connectivity index (χ0v) is 14.8. The molecule has 0 radical (unpaired) electrons. The van der Waals surface area contributed by atoms with Crippen LogP contribution in [0.4, 0.5) is 0 Å². The summed E-state index contributed by atoms with van der Waals surface area (Å²) < 4.78 is 7.68. The van der Waals surface area contributed by atoms with Crippen LogP contribution in [0.2, 0.25) is 5.15 Å². The summed E-state index contributed by atoms with van der Waals surface area (Å²) in [5.41, 5.74) is 2.53. The maximum atomic E-state index is 12.6. The zero-order valence-electron chi connectivity index (χ0n) is 14.1. The molecular formula is C20H18ClN3O2. The predicted molar refractivity (Wildman–Crippen MR) is 101 cm³/mol. The maximum absolute atomic E-state index is 12.6. The van der Waals surface area contributed by atoms with E-state index in [0.717, 1.165) is 11.2 Å². The fraction of sp³-hybridized carbons (Fsp3) is 0.200. The first-order valence-corrected chi connectivity index (χ1v) is 8.86. The fourth-order valence-electron chi connectivity index (χ4n) is 3.11. The van der Waals surface area contributed by atoms with Crippen molar-refractivity contribution in [2.24, 2.45) is 0 Å². The van der Waals surface area contributed by atoms with E-state index in [-0.39, 0.29) is 12.0 Å². The second-order valence-corrected chi connectivity index (χ2v) is 6.46. The average molecular weight is 368 g/mol. The highest BCUT2D eigenvalue weighted by Gasteiger charge is 2.24. The van der Waals surface area contributed by atoms with Crippen molar-refractivity contribution in [1.29, 1.82) is 0 Å². The number of hydrogen-bond donors (Lipinski definition) is 0. The molecule has 1 amide bonds. The van der Waals surface area contributed by atoms with Gasteiger partial charge in [0.05, 0.1) is 18.8 Å². The number of fused-ring (bicyclic) bond motifs is 1. The molecule has 0 spiro atoms. The molecule has 6 heteroatoms. The number of hydrogen-bond acceptors (Lipinski definition) is 3. The molecule has 1 fully saturated rings. The Balaban J connectivity index is 1.50. The van der Waals surface area contributed by atoms with Crippen molar-refractivity contribution in [3.63, 3.8) is 0 Å². The van der Waals surface area contributed by atoms with Crippen molar-refractivity contribution < 1.29 is 9.53 Å². The first-order valence-electron chi connectivity index (χ1n) is 8.48. The Morgan fingerprint density at radius 2 is 2.00 bits per heavy atom. The molecule has 1 unspecified atom stereocenters. The number of carbonyl (C=O) groups is 1. The number of aromatic nitrogens is 2. The first kappa shape index (κ1) is 16.8. The topological polar surface area (TPSA) is 46.8 Å². The number of imidazole rings is 1. The number of nitrogens with zero attached hydrogens (tertiary/aromatic N) is 3. The minimum absolute atomic E-state index is 0.0591. The van der Waals surface area contributed by atoms with Crippen LogP contribution in [-0.2, 0) is 9.53 Å². The Labute approximate surface area is 156 Å². The number of benzene rings is 1. The molecule has 0 bridgehead atoms. The maximum Gasteiger partial charge on any atom is 0.246 e. The molecular weight excluding hydrogens is 350 g/mol. The molecule has 5 nitrogen and oxygen atoms in total. The van der Waals surface area contributed by atoms with Gasteiger partial charge in [-0.05, 0) is 23.8 Å². The van der Waals surface area contributed by atoms with Crippen LogP contribution in [0, 0.1) is 0 Å². The Morgan fingerprint density at radius 1 is 1.19 bits per heavy atom. The van der Waals surface area contributed by atoms with E-state index in [1.807, 2.05) is 59.1 Å². The van der Waals surface area contributed by atoms with Crippen molar-refractivity contribution in [3.05, 3.63) is 77.2 Å². The molecule has 1 aliphatic heterocycles. The summed E-state index contributed by atoms with van der Waals surface area (Å²) in [5, 5.41) is 0.379. The molecule has 26 heavy (non-hydrogen) atoms. The number of morpholine rings is 1. The molecule has 1 atom stereocenters. The van der Waals surface area contributed by atoms with Gasteiger partial charge >= 0.3 is 0 Å². The lowest BCUT2D eigenvalue weighted by molar-refractivity contribution is -0.133. The molecule has 1 saturated heterocycles. The summed E-state index contributed by atoms with van der Waals surface area (Å²) in [5.74, 6) is -0.0591. The quantitative estimate of drug-likeness (QED) is 0.664.